The highest BCUT2D eigenvalue weighted by Gasteiger charge is 2.21. The van der Waals surface area contributed by atoms with Crippen molar-refractivity contribution in [2.45, 2.75) is 20.0 Å². The predicted molar refractivity (Wildman–Crippen MR) is 155 cm³/mol. The number of pyridine rings is 3. The number of aromatic nitrogens is 3. The molecule has 0 bridgehead atoms. The summed E-state index contributed by atoms with van der Waals surface area (Å²) in [6.07, 6.45) is 2.39. The fourth-order valence-electron chi connectivity index (χ4n) is 4.51. The van der Waals surface area contributed by atoms with Crippen molar-refractivity contribution >= 4 is 22.8 Å². The lowest BCUT2D eigenvalue weighted by molar-refractivity contribution is -0.142. The van der Waals surface area contributed by atoms with E-state index in [9.17, 15) is 18.8 Å². The smallest absolute Gasteiger partial charge is 0.303 e. The van der Waals surface area contributed by atoms with Gasteiger partial charge in [-0.15, -0.1) is 0 Å². The van der Waals surface area contributed by atoms with Crippen LogP contribution in [-0.4, -0.2) is 40.9 Å². The van der Waals surface area contributed by atoms with Crippen LogP contribution in [0.2, 0.25) is 0 Å². The van der Waals surface area contributed by atoms with Gasteiger partial charge in [0.05, 0.1) is 36.6 Å². The van der Waals surface area contributed by atoms with Crippen LogP contribution >= 0.6 is 0 Å². The molecule has 0 atom stereocenters. The molecule has 0 radical (unpaired) electrons. The molecule has 5 aromatic rings. The summed E-state index contributed by atoms with van der Waals surface area (Å²) in [5.74, 6) is -1.77. The number of halogens is 2. The SMILES string of the molecule is COc1cc2nccc(Oc3ccc(CC(=O)c4c[nH]c(COC(C)=O)c(-c5ccc(F)cc5)c4=O)cc3F)c2nc1OC. The van der Waals surface area contributed by atoms with E-state index in [4.69, 9.17) is 18.9 Å². The number of carbonyl (C=O) groups is 2. The quantitative estimate of drug-likeness (QED) is 0.162. The first-order valence-corrected chi connectivity index (χ1v) is 13.2. The number of ether oxygens (including phenoxy) is 4. The number of nitrogens with one attached hydrogen (secondary N) is 1. The van der Waals surface area contributed by atoms with Gasteiger partial charge < -0.3 is 23.9 Å². The molecule has 0 saturated heterocycles. The maximum absolute atomic E-state index is 15.2. The lowest BCUT2D eigenvalue weighted by Gasteiger charge is -2.13. The van der Waals surface area contributed by atoms with Crippen molar-refractivity contribution in [2.75, 3.05) is 14.2 Å². The first-order valence-electron chi connectivity index (χ1n) is 13.2. The Labute approximate surface area is 249 Å². The zero-order chi connectivity index (χ0) is 31.4. The van der Waals surface area contributed by atoms with Gasteiger partial charge in [0.1, 0.15) is 17.9 Å². The van der Waals surface area contributed by atoms with Gasteiger partial charge >= 0.3 is 5.97 Å². The summed E-state index contributed by atoms with van der Waals surface area (Å²) in [6.45, 7) is 0.953. The van der Waals surface area contributed by atoms with Crippen molar-refractivity contribution in [1.82, 2.24) is 15.0 Å². The topological polar surface area (TPSA) is 130 Å². The number of benzene rings is 2. The summed E-state index contributed by atoms with van der Waals surface area (Å²) < 4.78 is 50.1. The molecular formula is C32H25F2N3O7. The predicted octanol–water partition coefficient (Wildman–Crippen LogP) is 5.56. The summed E-state index contributed by atoms with van der Waals surface area (Å²) in [6, 6.07) is 12.2. The average Bonchev–Trinajstić information content (AvgIpc) is 3.01. The van der Waals surface area contributed by atoms with E-state index < -0.39 is 28.8 Å². The minimum absolute atomic E-state index is 0.0551. The largest absolute Gasteiger partial charge is 0.491 e. The van der Waals surface area contributed by atoms with Crippen molar-refractivity contribution in [2.24, 2.45) is 0 Å². The molecule has 10 nitrogen and oxygen atoms in total. The van der Waals surface area contributed by atoms with Crippen LogP contribution < -0.4 is 19.6 Å². The summed E-state index contributed by atoms with van der Waals surface area (Å²) in [5.41, 5.74) is 0.808. The number of carbonyl (C=O) groups excluding carboxylic acids is 2. The van der Waals surface area contributed by atoms with E-state index >= 15 is 4.39 Å². The second-order valence-electron chi connectivity index (χ2n) is 9.52. The molecule has 3 heterocycles. The highest BCUT2D eigenvalue weighted by Crippen LogP contribution is 2.34. The van der Waals surface area contributed by atoms with Crippen molar-refractivity contribution in [3.05, 3.63) is 106 Å². The van der Waals surface area contributed by atoms with E-state index in [1.165, 1.54) is 76.0 Å². The third kappa shape index (κ3) is 6.24. The van der Waals surface area contributed by atoms with Crippen LogP contribution in [0.5, 0.6) is 23.1 Å². The van der Waals surface area contributed by atoms with Crippen LogP contribution in [0, 0.1) is 11.6 Å². The molecule has 0 amide bonds. The van der Waals surface area contributed by atoms with Gasteiger partial charge in [-0.2, -0.15) is 0 Å². The molecule has 0 spiro atoms. The molecule has 0 saturated carbocycles. The fourth-order valence-corrected chi connectivity index (χ4v) is 4.51. The zero-order valence-corrected chi connectivity index (χ0v) is 23.8. The Morgan fingerprint density at radius 3 is 2.39 bits per heavy atom. The summed E-state index contributed by atoms with van der Waals surface area (Å²) in [5, 5.41) is 0. The van der Waals surface area contributed by atoms with E-state index in [2.05, 4.69) is 15.0 Å². The number of hydrogen-bond acceptors (Lipinski definition) is 9. The van der Waals surface area contributed by atoms with Gasteiger partial charge in [0.2, 0.25) is 5.43 Å². The summed E-state index contributed by atoms with van der Waals surface area (Å²) in [4.78, 5) is 49.5. The highest BCUT2D eigenvalue weighted by molar-refractivity contribution is 5.98. The Hall–Kier alpha value is -5.65. The molecule has 0 aliphatic heterocycles. The Morgan fingerprint density at radius 2 is 1.70 bits per heavy atom. The van der Waals surface area contributed by atoms with E-state index in [1.54, 1.807) is 6.07 Å². The van der Waals surface area contributed by atoms with Crippen LogP contribution in [0.3, 0.4) is 0 Å². The average molecular weight is 602 g/mol. The van der Waals surface area contributed by atoms with Crippen molar-refractivity contribution in [3.63, 3.8) is 0 Å². The number of hydrogen-bond donors (Lipinski definition) is 1. The van der Waals surface area contributed by atoms with Crippen LogP contribution in [0.15, 0.2) is 71.8 Å². The van der Waals surface area contributed by atoms with E-state index in [-0.39, 0.29) is 52.8 Å². The number of methoxy groups -OCH3 is 2. The van der Waals surface area contributed by atoms with Crippen molar-refractivity contribution < 1.29 is 37.3 Å². The molecule has 0 aliphatic rings. The van der Waals surface area contributed by atoms with E-state index in [1.807, 2.05) is 0 Å². The number of H-pyrrole nitrogens is 1. The first-order chi connectivity index (χ1) is 21.2. The number of Topliss-reactive ketones (excluding diaryl/α,β-unsaturated/α-hetero) is 1. The molecule has 3 aromatic heterocycles. The molecule has 224 valence electrons. The van der Waals surface area contributed by atoms with Gasteiger partial charge in [-0.05, 0) is 35.4 Å². The maximum atomic E-state index is 15.2. The van der Waals surface area contributed by atoms with Crippen LogP contribution in [0.4, 0.5) is 8.78 Å². The molecule has 2 aromatic carbocycles. The third-order valence-electron chi connectivity index (χ3n) is 6.62. The minimum Gasteiger partial charge on any atom is -0.491 e. The number of nitrogens with zero attached hydrogens (tertiary/aromatic N) is 2. The molecular weight excluding hydrogens is 576 g/mol. The molecule has 44 heavy (non-hydrogen) atoms. The number of aromatic amines is 1. The number of fused-ring (bicyclic) bond motifs is 1. The standard InChI is InChI=1S/C32H25F2N3O7/c1-17(38)43-16-24-29(19-5-7-20(33)8-6-19)31(40)21(15-36-24)25(39)13-18-4-9-26(22(34)12-18)44-27-10-11-35-23-14-28(41-2)32(42-3)37-30(23)27/h4-12,14-15H,13,16H2,1-3H3,(H,36,40). The fraction of sp³-hybridized carbons (Fsp3) is 0.156. The number of esters is 1. The first kappa shape index (κ1) is 29.8. The van der Waals surface area contributed by atoms with Crippen LogP contribution in [0.1, 0.15) is 28.5 Å². The van der Waals surface area contributed by atoms with Gasteiger partial charge in [-0.25, -0.2) is 13.8 Å². The Kier molecular flexibility index (Phi) is 8.61. The maximum Gasteiger partial charge on any atom is 0.303 e. The number of rotatable bonds is 10. The number of ketones is 1. The highest BCUT2D eigenvalue weighted by atomic mass is 19.1. The second-order valence-corrected chi connectivity index (χ2v) is 9.52. The summed E-state index contributed by atoms with van der Waals surface area (Å²) in [7, 11) is 2.90. The zero-order valence-electron chi connectivity index (χ0n) is 23.8. The van der Waals surface area contributed by atoms with E-state index in [0.717, 1.165) is 6.07 Å². The molecule has 0 aliphatic carbocycles. The summed E-state index contributed by atoms with van der Waals surface area (Å²) >= 11 is 0. The van der Waals surface area contributed by atoms with Crippen molar-refractivity contribution in [3.8, 4) is 34.3 Å². The molecule has 1 N–H and O–H groups in total. The van der Waals surface area contributed by atoms with Gasteiger partial charge in [-0.3, -0.25) is 19.4 Å². The lowest BCUT2D eigenvalue weighted by Crippen LogP contribution is -2.21. The van der Waals surface area contributed by atoms with Gasteiger partial charge in [0.25, 0.3) is 5.88 Å². The molecule has 0 fully saturated rings. The Morgan fingerprint density at radius 1 is 0.932 bits per heavy atom. The third-order valence-corrected chi connectivity index (χ3v) is 6.62. The van der Waals surface area contributed by atoms with Gasteiger partial charge in [-0.1, -0.05) is 18.2 Å². The Bertz CT molecular complexity index is 1940. The lowest BCUT2D eigenvalue weighted by atomic mass is 9.97. The molecule has 5 rings (SSSR count). The van der Waals surface area contributed by atoms with Crippen molar-refractivity contribution in [1.29, 1.82) is 0 Å². The van der Waals surface area contributed by atoms with Crippen LogP contribution in [-0.2, 0) is 22.6 Å². The molecule has 12 heteroatoms. The van der Waals surface area contributed by atoms with Crippen LogP contribution in [0.25, 0.3) is 22.2 Å². The minimum atomic E-state index is -0.752. The Balaban J connectivity index is 1.41. The van der Waals surface area contributed by atoms with Gasteiger partial charge in [0, 0.05) is 37.9 Å². The van der Waals surface area contributed by atoms with E-state index in [0.29, 0.717) is 22.3 Å². The second kappa shape index (κ2) is 12.7. The monoisotopic (exact) mass is 601 g/mol. The molecule has 0 unspecified atom stereocenters. The normalized spacial score (nSPS) is 10.8. The van der Waals surface area contributed by atoms with Gasteiger partial charge in [0.15, 0.2) is 28.8 Å².